The fourth-order valence-corrected chi connectivity index (χ4v) is 3.14. The monoisotopic (exact) mass is 251 g/mol. The molecule has 1 saturated carbocycles. The van der Waals surface area contributed by atoms with E-state index in [0.717, 1.165) is 32.8 Å². The van der Waals surface area contributed by atoms with E-state index >= 15 is 0 Å². The van der Waals surface area contributed by atoms with E-state index in [9.17, 15) is 0 Å². The summed E-state index contributed by atoms with van der Waals surface area (Å²) in [6, 6.07) is 2.93. The zero-order chi connectivity index (χ0) is 12.8. The maximum Gasteiger partial charge on any atom is 0.0869 e. The molecule has 2 aliphatic rings. The number of nitrogens with zero attached hydrogens (tertiary/aromatic N) is 3. The van der Waals surface area contributed by atoms with Crippen molar-refractivity contribution in [1.29, 1.82) is 5.26 Å². The van der Waals surface area contributed by atoms with Gasteiger partial charge in [-0.2, -0.15) is 5.26 Å². The fraction of sp³-hybridized carbons (Fsp3) is 0.929. The summed E-state index contributed by atoms with van der Waals surface area (Å²) in [6.45, 7) is 7.68. The van der Waals surface area contributed by atoms with Crippen LogP contribution in [0.25, 0.3) is 0 Å². The highest BCUT2D eigenvalue weighted by atomic mass is 16.5. The van der Waals surface area contributed by atoms with E-state index in [1.54, 1.807) is 0 Å². The van der Waals surface area contributed by atoms with Crippen molar-refractivity contribution in [1.82, 2.24) is 9.80 Å². The average molecular weight is 251 g/mol. The molecule has 0 N–H and O–H groups in total. The van der Waals surface area contributed by atoms with Crippen LogP contribution in [0.5, 0.6) is 0 Å². The predicted octanol–water partition coefficient (Wildman–Crippen LogP) is 1.48. The second-order valence-electron chi connectivity index (χ2n) is 5.41. The second kappa shape index (κ2) is 7.08. The molecular formula is C14H25N3O. The number of likely N-dealkylation sites (N-methyl/N-ethyl adjacent to an activating group) is 1. The summed E-state index contributed by atoms with van der Waals surface area (Å²) in [6.07, 6.45) is 5.43. The Balaban J connectivity index is 1.85. The Kier molecular flexibility index (Phi) is 5.43. The molecule has 0 aromatic heterocycles. The van der Waals surface area contributed by atoms with Crippen molar-refractivity contribution in [2.75, 3.05) is 39.3 Å². The summed E-state index contributed by atoms with van der Waals surface area (Å²) in [5.41, 5.74) is 0. The Morgan fingerprint density at radius 1 is 1.39 bits per heavy atom. The van der Waals surface area contributed by atoms with Crippen LogP contribution in [0.2, 0.25) is 0 Å². The van der Waals surface area contributed by atoms with Crippen LogP contribution in [0.15, 0.2) is 0 Å². The van der Waals surface area contributed by atoms with Gasteiger partial charge in [0.25, 0.3) is 0 Å². The Labute approximate surface area is 110 Å². The standard InChI is InChI=1S/C14H25N3O/c1-2-16-9-10-18-14(11-16)12-17(8-7-15)13-5-3-4-6-13/h13-14H,2-6,8-12H2,1H3. The Bertz CT molecular complexity index is 283. The van der Waals surface area contributed by atoms with E-state index in [-0.39, 0.29) is 6.10 Å². The van der Waals surface area contributed by atoms with Crippen LogP contribution in [0.4, 0.5) is 0 Å². The largest absolute Gasteiger partial charge is 0.374 e. The Morgan fingerprint density at radius 2 is 2.17 bits per heavy atom. The number of hydrogen-bond donors (Lipinski definition) is 0. The van der Waals surface area contributed by atoms with Crippen molar-refractivity contribution in [2.24, 2.45) is 0 Å². The van der Waals surface area contributed by atoms with E-state index in [4.69, 9.17) is 10.00 Å². The first-order chi connectivity index (χ1) is 8.83. The highest BCUT2D eigenvalue weighted by molar-refractivity contribution is 4.87. The first-order valence-electron chi connectivity index (χ1n) is 7.28. The van der Waals surface area contributed by atoms with Gasteiger partial charge in [0.2, 0.25) is 0 Å². The molecule has 0 aromatic carbocycles. The highest BCUT2D eigenvalue weighted by Crippen LogP contribution is 2.24. The van der Waals surface area contributed by atoms with Crippen molar-refractivity contribution in [3.8, 4) is 6.07 Å². The molecule has 1 aliphatic heterocycles. The molecule has 0 amide bonds. The van der Waals surface area contributed by atoms with Gasteiger partial charge in [-0.05, 0) is 19.4 Å². The zero-order valence-corrected chi connectivity index (χ0v) is 11.5. The van der Waals surface area contributed by atoms with Crippen molar-refractivity contribution in [3.63, 3.8) is 0 Å². The third-order valence-corrected chi connectivity index (χ3v) is 4.22. The van der Waals surface area contributed by atoms with Crippen LogP contribution < -0.4 is 0 Å². The van der Waals surface area contributed by atoms with Gasteiger partial charge >= 0.3 is 0 Å². The molecule has 102 valence electrons. The van der Waals surface area contributed by atoms with Crippen molar-refractivity contribution < 1.29 is 4.74 Å². The molecule has 4 nitrogen and oxygen atoms in total. The molecule has 1 unspecified atom stereocenters. The SMILES string of the molecule is CCN1CCOC(CN(CC#N)C2CCCC2)C1. The molecule has 1 heterocycles. The molecule has 1 saturated heterocycles. The van der Waals surface area contributed by atoms with E-state index in [1.807, 2.05) is 0 Å². The maximum atomic E-state index is 8.98. The molecule has 0 radical (unpaired) electrons. The van der Waals surface area contributed by atoms with Gasteiger partial charge in [-0.1, -0.05) is 19.8 Å². The lowest BCUT2D eigenvalue weighted by Crippen LogP contribution is -2.49. The van der Waals surface area contributed by atoms with Crippen LogP contribution in [0.3, 0.4) is 0 Å². The topological polar surface area (TPSA) is 39.5 Å². The first-order valence-corrected chi connectivity index (χ1v) is 7.28. The molecule has 18 heavy (non-hydrogen) atoms. The molecule has 0 aromatic rings. The molecule has 0 spiro atoms. The minimum absolute atomic E-state index is 0.285. The van der Waals surface area contributed by atoms with Gasteiger partial charge in [-0.3, -0.25) is 9.80 Å². The highest BCUT2D eigenvalue weighted by Gasteiger charge is 2.27. The maximum absolute atomic E-state index is 8.98. The third kappa shape index (κ3) is 3.68. The Morgan fingerprint density at radius 3 is 2.83 bits per heavy atom. The average Bonchev–Trinajstić information content (AvgIpc) is 2.92. The molecule has 2 rings (SSSR count). The normalized spacial score (nSPS) is 26.6. The molecule has 0 bridgehead atoms. The number of morpholine rings is 1. The quantitative estimate of drug-likeness (QED) is 0.694. The van der Waals surface area contributed by atoms with Crippen LogP contribution >= 0.6 is 0 Å². The van der Waals surface area contributed by atoms with Crippen LogP contribution in [0, 0.1) is 11.3 Å². The van der Waals surface area contributed by atoms with Crippen LogP contribution in [-0.2, 0) is 4.74 Å². The number of nitriles is 1. The van der Waals surface area contributed by atoms with Gasteiger partial charge in [-0.25, -0.2) is 0 Å². The minimum Gasteiger partial charge on any atom is -0.374 e. The molecule has 1 aliphatic carbocycles. The van der Waals surface area contributed by atoms with E-state index in [2.05, 4.69) is 22.8 Å². The smallest absolute Gasteiger partial charge is 0.0869 e. The summed E-state index contributed by atoms with van der Waals surface area (Å²) < 4.78 is 5.85. The second-order valence-corrected chi connectivity index (χ2v) is 5.41. The number of ether oxygens (including phenoxy) is 1. The van der Waals surface area contributed by atoms with E-state index < -0.39 is 0 Å². The summed E-state index contributed by atoms with van der Waals surface area (Å²) in [5.74, 6) is 0. The Hall–Kier alpha value is -0.630. The molecule has 2 fully saturated rings. The van der Waals surface area contributed by atoms with Gasteiger partial charge in [0, 0.05) is 25.7 Å². The molecular weight excluding hydrogens is 226 g/mol. The summed E-state index contributed by atoms with van der Waals surface area (Å²) in [4.78, 5) is 4.78. The summed E-state index contributed by atoms with van der Waals surface area (Å²) in [7, 11) is 0. The van der Waals surface area contributed by atoms with Gasteiger partial charge in [-0.15, -0.1) is 0 Å². The lowest BCUT2D eigenvalue weighted by Gasteiger charge is -2.36. The first kappa shape index (κ1) is 13.8. The zero-order valence-electron chi connectivity index (χ0n) is 11.5. The third-order valence-electron chi connectivity index (χ3n) is 4.22. The van der Waals surface area contributed by atoms with Crippen LogP contribution in [-0.4, -0.2) is 61.3 Å². The van der Waals surface area contributed by atoms with Crippen molar-refractivity contribution in [2.45, 2.75) is 44.8 Å². The molecule has 1 atom stereocenters. The fourth-order valence-electron chi connectivity index (χ4n) is 3.14. The number of rotatable bonds is 5. The van der Waals surface area contributed by atoms with Gasteiger partial charge in [0.1, 0.15) is 0 Å². The summed E-state index contributed by atoms with van der Waals surface area (Å²) in [5, 5.41) is 8.98. The minimum atomic E-state index is 0.285. The van der Waals surface area contributed by atoms with Gasteiger partial charge in [0.05, 0.1) is 25.3 Å². The van der Waals surface area contributed by atoms with E-state index in [1.165, 1.54) is 25.7 Å². The lowest BCUT2D eigenvalue weighted by molar-refractivity contribution is -0.0450. The summed E-state index contributed by atoms with van der Waals surface area (Å²) >= 11 is 0. The van der Waals surface area contributed by atoms with Crippen molar-refractivity contribution in [3.05, 3.63) is 0 Å². The molecule has 4 heteroatoms. The van der Waals surface area contributed by atoms with Gasteiger partial charge in [0.15, 0.2) is 0 Å². The van der Waals surface area contributed by atoms with Crippen LogP contribution in [0.1, 0.15) is 32.6 Å². The van der Waals surface area contributed by atoms with E-state index in [0.29, 0.717) is 12.6 Å². The number of hydrogen-bond acceptors (Lipinski definition) is 4. The predicted molar refractivity (Wildman–Crippen MR) is 71.3 cm³/mol. The lowest BCUT2D eigenvalue weighted by atomic mass is 10.1. The van der Waals surface area contributed by atoms with Gasteiger partial charge < -0.3 is 4.74 Å². The van der Waals surface area contributed by atoms with Crippen molar-refractivity contribution >= 4 is 0 Å².